The Morgan fingerprint density at radius 2 is 1.32 bits per heavy atom. The van der Waals surface area contributed by atoms with Gasteiger partial charge in [0.1, 0.15) is 0 Å². The monoisotopic (exact) mass is 736 g/mol. The maximum absolute atomic E-state index is 2.65. The minimum Gasteiger partial charge on any atom is -1.00 e. The molecule has 3 aromatic carbocycles. The number of halogens is 2. The first-order valence-corrected chi connectivity index (χ1v) is 21.1. The number of hydrogen-bond donors (Lipinski definition) is 0. The van der Waals surface area contributed by atoms with Gasteiger partial charge < -0.3 is 24.8 Å². The second kappa shape index (κ2) is 12.4. The molecule has 3 heteroatoms. The van der Waals surface area contributed by atoms with Gasteiger partial charge in [-0.2, -0.15) is 0 Å². The Hall–Kier alpha value is -2.05. The van der Waals surface area contributed by atoms with Crippen molar-refractivity contribution in [2.45, 2.75) is 105 Å². The van der Waals surface area contributed by atoms with Crippen LogP contribution in [0.3, 0.4) is 0 Å². The van der Waals surface area contributed by atoms with Gasteiger partial charge in [-0.1, -0.05) is 0 Å². The van der Waals surface area contributed by atoms with Gasteiger partial charge in [0.2, 0.25) is 0 Å². The Morgan fingerprint density at radius 1 is 0.702 bits per heavy atom. The van der Waals surface area contributed by atoms with Gasteiger partial charge in [0.05, 0.1) is 0 Å². The van der Waals surface area contributed by atoms with Gasteiger partial charge in [0, 0.05) is 0 Å². The second-order valence-corrected chi connectivity index (χ2v) is 21.9. The fourth-order valence-corrected chi connectivity index (χ4v) is 20.2. The molecule has 0 heterocycles. The van der Waals surface area contributed by atoms with Gasteiger partial charge in [-0.25, -0.2) is 0 Å². The number of hydrogen-bond acceptors (Lipinski definition) is 0. The van der Waals surface area contributed by atoms with Crippen molar-refractivity contribution in [1.82, 2.24) is 0 Å². The maximum Gasteiger partial charge on any atom is -1.00 e. The summed E-state index contributed by atoms with van der Waals surface area (Å²) in [5.74, 6) is 0.531. The smallest absolute Gasteiger partial charge is 1.00 e. The Morgan fingerprint density at radius 3 is 1.98 bits per heavy atom. The predicted molar refractivity (Wildman–Crippen MR) is 191 cm³/mol. The average molecular weight is 739 g/mol. The molecule has 5 aliphatic rings. The maximum atomic E-state index is 2.65. The zero-order valence-electron chi connectivity index (χ0n) is 29.4. The molecule has 8 rings (SSSR count). The first-order valence-electron chi connectivity index (χ1n) is 17.4. The topological polar surface area (TPSA) is 0 Å². The predicted octanol–water partition coefficient (Wildman–Crippen LogP) is 5.74. The summed E-state index contributed by atoms with van der Waals surface area (Å²) in [6.45, 7) is 19.7. The van der Waals surface area contributed by atoms with Crippen molar-refractivity contribution < 1.29 is 46.1 Å². The summed E-state index contributed by atoms with van der Waals surface area (Å²) in [6.07, 6.45) is 13.0. The van der Waals surface area contributed by atoms with Crippen LogP contribution in [0, 0.1) is 5.92 Å². The Balaban J connectivity index is 0.00000193. The first kappa shape index (κ1) is 34.8. The number of benzene rings is 3. The minimum absolute atomic E-state index is 0. The molecule has 1 atom stereocenters. The van der Waals surface area contributed by atoms with E-state index < -0.39 is 21.3 Å². The van der Waals surface area contributed by atoms with Crippen molar-refractivity contribution >= 4 is 19.9 Å². The zero-order chi connectivity index (χ0) is 31.4. The van der Waals surface area contributed by atoms with Gasteiger partial charge in [-0.3, -0.25) is 0 Å². The van der Waals surface area contributed by atoms with Crippen LogP contribution in [-0.4, -0.2) is 3.21 Å². The van der Waals surface area contributed by atoms with E-state index in [0.29, 0.717) is 5.92 Å². The Labute approximate surface area is 303 Å². The van der Waals surface area contributed by atoms with Crippen LogP contribution in [0.5, 0.6) is 0 Å². The van der Waals surface area contributed by atoms with Gasteiger partial charge in [-0.15, -0.1) is 0 Å². The summed E-state index contributed by atoms with van der Waals surface area (Å²) in [6, 6.07) is 21.5. The van der Waals surface area contributed by atoms with Crippen molar-refractivity contribution in [2.24, 2.45) is 5.92 Å². The van der Waals surface area contributed by atoms with Crippen LogP contribution in [0.15, 0.2) is 78.9 Å². The summed E-state index contributed by atoms with van der Waals surface area (Å²) in [5, 5.41) is 0. The van der Waals surface area contributed by atoms with E-state index in [1.807, 2.05) is 9.77 Å². The molecule has 0 amide bonds. The van der Waals surface area contributed by atoms with Crippen LogP contribution in [-0.2, 0) is 38.5 Å². The van der Waals surface area contributed by atoms with Gasteiger partial charge >= 0.3 is 281 Å². The minimum atomic E-state index is -2.40. The van der Waals surface area contributed by atoms with E-state index >= 15 is 0 Å². The quantitative estimate of drug-likeness (QED) is 0.252. The molecule has 0 radical (unpaired) electrons. The van der Waals surface area contributed by atoms with E-state index in [9.17, 15) is 0 Å². The van der Waals surface area contributed by atoms with Crippen LogP contribution < -0.4 is 24.8 Å². The molecule has 0 spiro atoms. The Kier molecular flexibility index (Phi) is 9.16. The molecule has 0 saturated heterocycles. The summed E-state index contributed by atoms with van der Waals surface area (Å²) >= 11 is -2.40. The van der Waals surface area contributed by atoms with Crippen molar-refractivity contribution in [3.63, 3.8) is 0 Å². The van der Waals surface area contributed by atoms with Crippen molar-refractivity contribution in [1.29, 1.82) is 0 Å². The third kappa shape index (κ3) is 5.29. The fourth-order valence-electron chi connectivity index (χ4n) is 9.93. The van der Waals surface area contributed by atoms with Crippen molar-refractivity contribution in [2.75, 3.05) is 0 Å². The summed E-state index contributed by atoms with van der Waals surface area (Å²) in [5.41, 5.74) is 19.9. The standard InChI is InChI=1S/C25H25.C13H13.C6H10.2ClH.Zr/c1-14-12-24(3,4)22-8-16-7-17-9-23-19(15(2)13-25(23,5)6)11-21(17)20(16)10-18(14)22;1-10-8-11(2)13(9-10)12-6-4-3-5-7-12;1-2-4-6-5-3-1;;;/h8-12H,7H2,1-6H3;3-7,9-10H,1-2H3;1-5H2;2*1H;/q;;;;;+2/p-2. The fraction of sp³-hybridized carbons (Fsp3) is 0.386. The average Bonchev–Trinajstić information content (AvgIpc) is 3.66. The van der Waals surface area contributed by atoms with Gasteiger partial charge in [0.25, 0.3) is 0 Å². The van der Waals surface area contributed by atoms with Crippen LogP contribution in [0.2, 0.25) is 0 Å². The van der Waals surface area contributed by atoms with E-state index in [2.05, 4.69) is 122 Å². The van der Waals surface area contributed by atoms with Crippen LogP contribution in [0.1, 0.15) is 126 Å². The molecular formula is C44H48Cl2Zr. The first-order chi connectivity index (χ1) is 21.5. The van der Waals surface area contributed by atoms with E-state index in [4.69, 9.17) is 0 Å². The molecule has 47 heavy (non-hydrogen) atoms. The summed E-state index contributed by atoms with van der Waals surface area (Å²) in [4.78, 5) is 0. The number of rotatable bonds is 3. The molecular weight excluding hydrogens is 691 g/mol. The molecule has 5 aliphatic carbocycles. The molecule has 0 nitrogen and oxygen atoms in total. The van der Waals surface area contributed by atoms with E-state index in [0.717, 1.165) is 6.42 Å². The molecule has 3 aromatic rings. The molecule has 1 saturated carbocycles. The Bertz CT molecular complexity index is 1970. The van der Waals surface area contributed by atoms with Crippen molar-refractivity contribution in [3.8, 4) is 11.1 Å². The summed E-state index contributed by atoms with van der Waals surface area (Å²) < 4.78 is 5.72. The third-order valence-electron chi connectivity index (χ3n) is 12.0. The van der Waals surface area contributed by atoms with Crippen LogP contribution in [0.25, 0.3) is 27.8 Å². The van der Waals surface area contributed by atoms with Crippen molar-refractivity contribution in [3.05, 3.63) is 118 Å². The molecule has 0 aliphatic heterocycles. The van der Waals surface area contributed by atoms with Gasteiger partial charge in [0.15, 0.2) is 0 Å². The van der Waals surface area contributed by atoms with E-state index in [1.165, 1.54) is 76.6 Å². The molecule has 0 N–H and O–H groups in total. The van der Waals surface area contributed by atoms with Gasteiger partial charge in [-0.05, 0) is 0 Å². The zero-order valence-corrected chi connectivity index (χ0v) is 33.4. The molecule has 242 valence electrons. The molecule has 0 bridgehead atoms. The largest absolute Gasteiger partial charge is 1.00 e. The SMILES string of the molecule is CC1=CC(C)(C)c2cc3c(cc21)-c1cc2c(cc1C3)C(C)(C)[C]([Zr+2]([C]1=C(C)C(c3ccccc3)=CC1C)=[C]1CCCCC1)=C2C.[Cl-].[Cl-]. The molecule has 1 unspecified atom stereocenters. The number of allylic oxidation sites excluding steroid dienone is 8. The molecule has 0 aromatic heterocycles. The normalized spacial score (nSPS) is 21.2. The van der Waals surface area contributed by atoms with E-state index in [-0.39, 0.29) is 35.6 Å². The summed E-state index contributed by atoms with van der Waals surface area (Å²) in [7, 11) is 0. The number of fused-ring (bicyclic) bond motifs is 5. The van der Waals surface area contributed by atoms with Crippen LogP contribution in [0.4, 0.5) is 0 Å². The van der Waals surface area contributed by atoms with E-state index in [1.54, 1.807) is 27.8 Å². The second-order valence-electron chi connectivity index (χ2n) is 15.8. The van der Waals surface area contributed by atoms with Crippen LogP contribution >= 0.6 is 0 Å². The molecule has 1 fully saturated rings. The third-order valence-corrected chi connectivity index (χ3v) is 22.0.